The van der Waals surface area contributed by atoms with Crippen molar-refractivity contribution in [2.24, 2.45) is 0 Å². The molecule has 25 heavy (non-hydrogen) atoms. The van der Waals surface area contributed by atoms with E-state index in [2.05, 4.69) is 10.0 Å². The maximum Gasteiger partial charge on any atom is 0.251 e. The summed E-state index contributed by atoms with van der Waals surface area (Å²) in [5.74, 6) is -0.652. The fraction of sp³-hybridized carbons (Fsp3) is 0.235. The Morgan fingerprint density at radius 3 is 2.28 bits per heavy atom. The standard InChI is InChI=1S/C17H20N2O5S/c1-11-9-15(20)16(21)10-13(11)7-8-18-17(22)12-3-5-14(6-4-12)19-25(2,23)24/h3-6,9-10,19-21H,7-8H2,1-2H3,(H,18,22). The molecule has 2 aromatic carbocycles. The number of hydrogen-bond acceptors (Lipinski definition) is 5. The number of amides is 1. The Morgan fingerprint density at radius 1 is 1.08 bits per heavy atom. The van der Waals surface area contributed by atoms with Gasteiger partial charge in [0.2, 0.25) is 10.0 Å². The first-order chi connectivity index (χ1) is 11.7. The molecule has 0 heterocycles. The third kappa shape index (κ3) is 5.39. The van der Waals surface area contributed by atoms with E-state index in [9.17, 15) is 23.4 Å². The first-order valence-corrected chi connectivity index (χ1v) is 9.42. The third-order valence-corrected chi connectivity index (χ3v) is 4.17. The molecule has 2 aromatic rings. The number of anilines is 1. The van der Waals surface area contributed by atoms with Gasteiger partial charge >= 0.3 is 0 Å². The average Bonchev–Trinajstić information content (AvgIpc) is 2.51. The summed E-state index contributed by atoms with van der Waals surface area (Å²) in [5.41, 5.74) is 2.43. The normalized spacial score (nSPS) is 11.1. The summed E-state index contributed by atoms with van der Waals surface area (Å²) in [7, 11) is -3.35. The number of sulfonamides is 1. The molecule has 0 aliphatic rings. The molecule has 0 saturated carbocycles. The van der Waals surface area contributed by atoms with E-state index in [1.807, 2.05) is 6.92 Å². The zero-order valence-electron chi connectivity index (χ0n) is 13.9. The van der Waals surface area contributed by atoms with Gasteiger partial charge in [0, 0.05) is 17.8 Å². The van der Waals surface area contributed by atoms with Crippen LogP contribution in [0.2, 0.25) is 0 Å². The van der Waals surface area contributed by atoms with Crippen LogP contribution in [0.1, 0.15) is 21.5 Å². The zero-order chi connectivity index (χ0) is 18.6. The Labute approximate surface area is 146 Å². The number of hydrogen-bond donors (Lipinski definition) is 4. The van der Waals surface area contributed by atoms with Crippen LogP contribution in [0.5, 0.6) is 11.5 Å². The van der Waals surface area contributed by atoms with Crippen molar-refractivity contribution in [1.29, 1.82) is 0 Å². The maximum absolute atomic E-state index is 12.1. The van der Waals surface area contributed by atoms with Gasteiger partial charge in [-0.3, -0.25) is 9.52 Å². The van der Waals surface area contributed by atoms with Gasteiger partial charge in [-0.15, -0.1) is 0 Å². The summed E-state index contributed by atoms with van der Waals surface area (Å²) in [6, 6.07) is 9.03. The number of carbonyl (C=O) groups excluding carboxylic acids is 1. The van der Waals surface area contributed by atoms with Crippen molar-refractivity contribution in [1.82, 2.24) is 5.32 Å². The molecule has 0 unspecified atom stereocenters. The summed E-state index contributed by atoms with van der Waals surface area (Å²) in [5, 5.41) is 21.7. The molecule has 8 heteroatoms. The Balaban J connectivity index is 1.93. The predicted octanol–water partition coefficient (Wildman–Crippen LogP) is 1.75. The van der Waals surface area contributed by atoms with Crippen molar-refractivity contribution in [2.75, 3.05) is 17.5 Å². The molecule has 134 valence electrons. The number of nitrogens with one attached hydrogen (secondary N) is 2. The van der Waals surface area contributed by atoms with Crippen LogP contribution in [0, 0.1) is 6.92 Å². The van der Waals surface area contributed by atoms with Crippen LogP contribution >= 0.6 is 0 Å². The second-order valence-corrected chi connectivity index (χ2v) is 7.47. The summed E-state index contributed by atoms with van der Waals surface area (Å²) in [6.45, 7) is 2.16. The minimum absolute atomic E-state index is 0.173. The van der Waals surface area contributed by atoms with Gasteiger partial charge in [0.1, 0.15) is 0 Å². The molecule has 0 atom stereocenters. The lowest BCUT2D eigenvalue weighted by molar-refractivity contribution is 0.0954. The molecule has 1 amide bonds. The first kappa shape index (κ1) is 18.6. The minimum Gasteiger partial charge on any atom is -0.504 e. The van der Waals surface area contributed by atoms with E-state index in [1.165, 1.54) is 36.4 Å². The molecule has 0 aliphatic carbocycles. The second-order valence-electron chi connectivity index (χ2n) is 5.72. The highest BCUT2D eigenvalue weighted by atomic mass is 32.2. The van der Waals surface area contributed by atoms with Crippen LogP contribution in [0.4, 0.5) is 5.69 Å². The minimum atomic E-state index is -3.35. The van der Waals surface area contributed by atoms with Crippen LogP contribution in [0.15, 0.2) is 36.4 Å². The van der Waals surface area contributed by atoms with Crippen LogP contribution in [0.25, 0.3) is 0 Å². The van der Waals surface area contributed by atoms with Crippen molar-refractivity contribution in [3.63, 3.8) is 0 Å². The molecule has 0 radical (unpaired) electrons. The van der Waals surface area contributed by atoms with E-state index >= 15 is 0 Å². The van der Waals surface area contributed by atoms with Crippen molar-refractivity contribution in [3.8, 4) is 11.5 Å². The van der Waals surface area contributed by atoms with Gasteiger partial charge in [-0.1, -0.05) is 0 Å². The topological polar surface area (TPSA) is 116 Å². The molecular formula is C17H20N2O5S. The average molecular weight is 364 g/mol. The van der Waals surface area contributed by atoms with Gasteiger partial charge in [-0.05, 0) is 60.9 Å². The molecule has 7 nitrogen and oxygen atoms in total. The van der Waals surface area contributed by atoms with Gasteiger partial charge in [0.05, 0.1) is 6.26 Å². The molecule has 0 spiro atoms. The SMILES string of the molecule is Cc1cc(O)c(O)cc1CCNC(=O)c1ccc(NS(C)(=O)=O)cc1. The first-order valence-electron chi connectivity index (χ1n) is 7.53. The highest BCUT2D eigenvalue weighted by molar-refractivity contribution is 7.92. The summed E-state index contributed by atoms with van der Waals surface area (Å²) in [4.78, 5) is 12.1. The van der Waals surface area contributed by atoms with E-state index < -0.39 is 10.0 Å². The lowest BCUT2D eigenvalue weighted by Gasteiger charge is -2.10. The number of phenolic OH excluding ortho intramolecular Hbond substituents is 2. The summed E-state index contributed by atoms with van der Waals surface area (Å²) in [6.07, 6.45) is 1.55. The van der Waals surface area contributed by atoms with Crippen LogP contribution in [-0.4, -0.2) is 37.3 Å². The number of aryl methyl sites for hydroxylation is 1. The number of rotatable bonds is 6. The van der Waals surface area contributed by atoms with Gasteiger partial charge in [0.25, 0.3) is 5.91 Å². The zero-order valence-corrected chi connectivity index (χ0v) is 14.7. The fourth-order valence-electron chi connectivity index (χ4n) is 2.31. The van der Waals surface area contributed by atoms with Crippen LogP contribution in [-0.2, 0) is 16.4 Å². The highest BCUT2D eigenvalue weighted by Gasteiger charge is 2.09. The number of carbonyl (C=O) groups is 1. The monoisotopic (exact) mass is 364 g/mol. The van der Waals surface area contributed by atoms with Gasteiger partial charge < -0.3 is 15.5 Å². The van der Waals surface area contributed by atoms with E-state index in [4.69, 9.17) is 0 Å². The van der Waals surface area contributed by atoms with Crippen LogP contribution < -0.4 is 10.0 Å². The Morgan fingerprint density at radius 2 is 1.68 bits per heavy atom. The van der Waals surface area contributed by atoms with Crippen LogP contribution in [0.3, 0.4) is 0 Å². The molecular weight excluding hydrogens is 344 g/mol. The number of phenols is 2. The van der Waals surface area contributed by atoms with E-state index in [1.54, 1.807) is 0 Å². The second kappa shape index (κ2) is 7.43. The molecule has 4 N–H and O–H groups in total. The van der Waals surface area contributed by atoms with E-state index in [0.717, 1.165) is 17.4 Å². The smallest absolute Gasteiger partial charge is 0.251 e. The predicted molar refractivity (Wildman–Crippen MR) is 95.5 cm³/mol. The van der Waals surface area contributed by atoms with Crippen molar-refractivity contribution in [2.45, 2.75) is 13.3 Å². The Hall–Kier alpha value is -2.74. The quantitative estimate of drug-likeness (QED) is 0.583. The lowest BCUT2D eigenvalue weighted by atomic mass is 10.0. The van der Waals surface area contributed by atoms with Crippen molar-refractivity contribution < 1.29 is 23.4 Å². The van der Waals surface area contributed by atoms with Gasteiger partial charge in [-0.25, -0.2) is 8.42 Å². The van der Waals surface area contributed by atoms with Crippen molar-refractivity contribution >= 4 is 21.6 Å². The number of aromatic hydroxyl groups is 2. The summed E-state index contributed by atoms with van der Waals surface area (Å²) >= 11 is 0. The molecule has 0 bridgehead atoms. The van der Waals surface area contributed by atoms with E-state index in [0.29, 0.717) is 24.2 Å². The lowest BCUT2D eigenvalue weighted by Crippen LogP contribution is -2.25. The molecule has 0 saturated heterocycles. The molecule has 2 rings (SSSR count). The molecule has 0 aliphatic heterocycles. The van der Waals surface area contributed by atoms with E-state index in [-0.39, 0.29) is 17.4 Å². The van der Waals surface area contributed by atoms with Gasteiger partial charge in [0.15, 0.2) is 11.5 Å². The number of benzene rings is 2. The fourth-order valence-corrected chi connectivity index (χ4v) is 2.87. The van der Waals surface area contributed by atoms with Crippen molar-refractivity contribution in [3.05, 3.63) is 53.1 Å². The Bertz CT molecular complexity index is 877. The van der Waals surface area contributed by atoms with Gasteiger partial charge in [-0.2, -0.15) is 0 Å². The largest absolute Gasteiger partial charge is 0.504 e. The molecule has 0 aromatic heterocycles. The summed E-state index contributed by atoms with van der Waals surface area (Å²) < 4.78 is 24.6. The maximum atomic E-state index is 12.1. The highest BCUT2D eigenvalue weighted by Crippen LogP contribution is 2.28. The Kier molecular flexibility index (Phi) is 5.53. The molecule has 0 fully saturated rings. The third-order valence-electron chi connectivity index (χ3n) is 3.56.